The van der Waals surface area contributed by atoms with Crippen LogP contribution < -0.4 is 5.63 Å². The summed E-state index contributed by atoms with van der Waals surface area (Å²) in [7, 11) is 0. The monoisotopic (exact) mass is 450 g/mol. The van der Waals surface area contributed by atoms with Gasteiger partial charge in [0, 0.05) is 22.9 Å². The average Bonchev–Trinajstić information content (AvgIpc) is 3.47. The SMILES string of the molecule is O=c1oc2ccccc2cc1-c1nn(-c2ccccc2)cc1CSc1nc2ccccc2[nH]1. The highest BCUT2D eigenvalue weighted by atomic mass is 32.2. The predicted molar refractivity (Wildman–Crippen MR) is 131 cm³/mol. The third-order valence-electron chi connectivity index (χ3n) is 5.44. The Bertz CT molecular complexity index is 1620. The summed E-state index contributed by atoms with van der Waals surface area (Å²) in [4.78, 5) is 20.9. The molecule has 6 nitrogen and oxygen atoms in total. The lowest BCUT2D eigenvalue weighted by Gasteiger charge is -2.03. The standard InChI is InChI=1S/C26H18N4O2S/c31-25-20(14-17-8-4-7-13-23(17)32-25)24-18(15-30(29-24)19-9-2-1-3-10-19)16-33-26-27-21-11-5-6-12-22(21)28-26/h1-15H,16H2,(H,27,28). The van der Waals surface area contributed by atoms with Gasteiger partial charge in [-0.05, 0) is 36.4 Å². The van der Waals surface area contributed by atoms with E-state index in [9.17, 15) is 4.79 Å². The van der Waals surface area contributed by atoms with Crippen LogP contribution in [0, 0.1) is 0 Å². The van der Waals surface area contributed by atoms with Crippen LogP contribution in [0.3, 0.4) is 0 Å². The Morgan fingerprint density at radius 1 is 0.939 bits per heavy atom. The second kappa shape index (κ2) is 8.11. The molecule has 0 spiro atoms. The number of nitrogens with one attached hydrogen (secondary N) is 1. The van der Waals surface area contributed by atoms with Crippen LogP contribution in [0.5, 0.6) is 0 Å². The molecule has 160 valence electrons. The average molecular weight is 451 g/mol. The van der Waals surface area contributed by atoms with Crippen LogP contribution in [0.25, 0.3) is 38.9 Å². The molecule has 33 heavy (non-hydrogen) atoms. The molecule has 0 atom stereocenters. The summed E-state index contributed by atoms with van der Waals surface area (Å²) in [6.07, 6.45) is 1.97. The molecule has 0 aliphatic carbocycles. The molecule has 0 unspecified atom stereocenters. The number of imidazole rings is 1. The molecule has 0 radical (unpaired) electrons. The maximum absolute atomic E-state index is 12.9. The molecule has 0 saturated carbocycles. The fraction of sp³-hybridized carbons (Fsp3) is 0.0385. The number of aromatic nitrogens is 4. The Hall–Kier alpha value is -4.10. The first-order valence-electron chi connectivity index (χ1n) is 10.5. The van der Waals surface area contributed by atoms with Crippen LogP contribution in [-0.4, -0.2) is 19.7 Å². The largest absolute Gasteiger partial charge is 0.422 e. The molecular weight excluding hydrogens is 432 g/mol. The molecule has 1 N–H and O–H groups in total. The number of aromatic amines is 1. The summed E-state index contributed by atoms with van der Waals surface area (Å²) in [5, 5.41) is 6.46. The Kier molecular flexibility index (Phi) is 4.81. The quantitative estimate of drug-likeness (QED) is 0.265. The van der Waals surface area contributed by atoms with E-state index < -0.39 is 5.63 Å². The van der Waals surface area contributed by atoms with Gasteiger partial charge in [-0.15, -0.1) is 0 Å². The Labute approximate surface area is 192 Å². The van der Waals surface area contributed by atoms with Gasteiger partial charge in [0.2, 0.25) is 0 Å². The number of fused-ring (bicyclic) bond motifs is 2. The first kappa shape index (κ1) is 19.6. The smallest absolute Gasteiger partial charge is 0.345 e. The van der Waals surface area contributed by atoms with Gasteiger partial charge < -0.3 is 9.40 Å². The van der Waals surface area contributed by atoms with Crippen molar-refractivity contribution in [2.24, 2.45) is 0 Å². The summed E-state index contributed by atoms with van der Waals surface area (Å²) < 4.78 is 7.39. The van der Waals surface area contributed by atoms with Crippen molar-refractivity contribution in [3.63, 3.8) is 0 Å². The maximum atomic E-state index is 12.9. The molecule has 7 heteroatoms. The van der Waals surface area contributed by atoms with E-state index in [1.807, 2.05) is 85.1 Å². The third kappa shape index (κ3) is 3.72. The summed E-state index contributed by atoms with van der Waals surface area (Å²) in [6, 6.07) is 27.1. The van der Waals surface area contributed by atoms with Gasteiger partial charge in [-0.1, -0.05) is 60.3 Å². The fourth-order valence-electron chi connectivity index (χ4n) is 3.83. The number of benzene rings is 3. The highest BCUT2D eigenvalue weighted by Gasteiger charge is 2.18. The zero-order valence-electron chi connectivity index (χ0n) is 17.4. The lowest BCUT2D eigenvalue weighted by molar-refractivity contribution is 0.563. The van der Waals surface area contributed by atoms with E-state index in [1.54, 1.807) is 22.5 Å². The van der Waals surface area contributed by atoms with Crippen molar-refractivity contribution in [3.05, 3.63) is 107 Å². The fourth-order valence-corrected chi connectivity index (χ4v) is 4.67. The number of thioether (sulfide) groups is 1. The van der Waals surface area contributed by atoms with Crippen molar-refractivity contribution >= 4 is 33.8 Å². The molecule has 3 aromatic carbocycles. The molecule has 0 aliphatic rings. The number of H-pyrrole nitrogens is 1. The zero-order valence-corrected chi connectivity index (χ0v) is 18.3. The second-order valence-corrected chi connectivity index (χ2v) is 8.58. The van der Waals surface area contributed by atoms with Crippen LogP contribution in [0.15, 0.2) is 105 Å². The van der Waals surface area contributed by atoms with Crippen molar-refractivity contribution < 1.29 is 4.42 Å². The first-order valence-corrected chi connectivity index (χ1v) is 11.5. The topological polar surface area (TPSA) is 76.7 Å². The highest BCUT2D eigenvalue weighted by molar-refractivity contribution is 7.98. The Balaban J connectivity index is 1.43. The highest BCUT2D eigenvalue weighted by Crippen LogP contribution is 2.30. The molecular formula is C26H18N4O2S. The van der Waals surface area contributed by atoms with E-state index in [1.165, 1.54) is 0 Å². The van der Waals surface area contributed by atoms with Crippen LogP contribution >= 0.6 is 11.8 Å². The minimum Gasteiger partial charge on any atom is -0.422 e. The van der Waals surface area contributed by atoms with Crippen LogP contribution in [0.2, 0.25) is 0 Å². The number of rotatable bonds is 5. The Morgan fingerprint density at radius 2 is 1.73 bits per heavy atom. The van der Waals surface area contributed by atoms with Gasteiger partial charge in [-0.25, -0.2) is 14.5 Å². The lowest BCUT2D eigenvalue weighted by atomic mass is 10.1. The van der Waals surface area contributed by atoms with Crippen LogP contribution in [-0.2, 0) is 5.75 Å². The summed E-state index contributed by atoms with van der Waals surface area (Å²) >= 11 is 1.57. The van der Waals surface area contributed by atoms with Gasteiger partial charge in [0.25, 0.3) is 0 Å². The van der Waals surface area contributed by atoms with Crippen LogP contribution in [0.1, 0.15) is 5.56 Å². The first-order chi connectivity index (χ1) is 16.2. The second-order valence-electron chi connectivity index (χ2n) is 7.62. The zero-order chi connectivity index (χ0) is 22.2. The maximum Gasteiger partial charge on any atom is 0.345 e. The van der Waals surface area contributed by atoms with Crippen molar-refractivity contribution in [1.82, 2.24) is 19.7 Å². The van der Waals surface area contributed by atoms with Gasteiger partial charge in [-0.3, -0.25) is 0 Å². The minimum atomic E-state index is -0.401. The van der Waals surface area contributed by atoms with E-state index in [0.717, 1.165) is 32.8 Å². The van der Waals surface area contributed by atoms with Gasteiger partial charge >= 0.3 is 5.63 Å². The number of hydrogen-bond acceptors (Lipinski definition) is 5. The summed E-state index contributed by atoms with van der Waals surface area (Å²) in [5.41, 5.74) is 4.99. The van der Waals surface area contributed by atoms with Crippen molar-refractivity contribution in [1.29, 1.82) is 0 Å². The molecule has 0 aliphatic heterocycles. The molecule has 6 aromatic rings. The molecule has 0 amide bonds. The normalized spacial score (nSPS) is 11.4. The molecule has 3 aromatic heterocycles. The van der Waals surface area contributed by atoms with Crippen molar-refractivity contribution in [2.45, 2.75) is 10.9 Å². The van der Waals surface area contributed by atoms with E-state index >= 15 is 0 Å². The van der Waals surface area contributed by atoms with E-state index in [2.05, 4.69) is 9.97 Å². The summed E-state index contributed by atoms with van der Waals surface area (Å²) in [5.74, 6) is 0.592. The van der Waals surface area contributed by atoms with Gasteiger partial charge in [-0.2, -0.15) is 5.10 Å². The van der Waals surface area contributed by atoms with E-state index in [4.69, 9.17) is 9.52 Å². The van der Waals surface area contributed by atoms with Crippen LogP contribution in [0.4, 0.5) is 0 Å². The van der Waals surface area contributed by atoms with Crippen molar-refractivity contribution in [3.8, 4) is 16.9 Å². The minimum absolute atomic E-state index is 0.401. The number of para-hydroxylation sites is 4. The van der Waals surface area contributed by atoms with E-state index in [-0.39, 0.29) is 0 Å². The Morgan fingerprint density at radius 3 is 2.61 bits per heavy atom. The van der Waals surface area contributed by atoms with Gasteiger partial charge in [0.1, 0.15) is 11.3 Å². The van der Waals surface area contributed by atoms with Gasteiger partial charge in [0.15, 0.2) is 5.16 Å². The lowest BCUT2D eigenvalue weighted by Crippen LogP contribution is -2.05. The molecule has 6 rings (SSSR count). The van der Waals surface area contributed by atoms with Crippen molar-refractivity contribution in [2.75, 3.05) is 0 Å². The third-order valence-corrected chi connectivity index (χ3v) is 6.36. The molecule has 0 saturated heterocycles. The molecule has 0 bridgehead atoms. The van der Waals surface area contributed by atoms with E-state index in [0.29, 0.717) is 22.6 Å². The number of nitrogens with zero attached hydrogens (tertiary/aromatic N) is 3. The predicted octanol–water partition coefficient (Wildman–Crippen LogP) is 5.81. The summed E-state index contributed by atoms with van der Waals surface area (Å²) in [6.45, 7) is 0. The number of hydrogen-bond donors (Lipinski definition) is 1. The molecule has 0 fully saturated rings. The van der Waals surface area contributed by atoms with Gasteiger partial charge in [0.05, 0.1) is 22.3 Å². The molecule has 3 heterocycles.